The fraction of sp³-hybridized carbons (Fsp3) is 0.0714. The molecule has 0 saturated heterocycles. The lowest BCUT2D eigenvalue weighted by molar-refractivity contribution is 0.0966. The summed E-state index contributed by atoms with van der Waals surface area (Å²) in [6, 6.07) is 5.18. The lowest BCUT2D eigenvalue weighted by atomic mass is 10.1. The maximum absolute atomic E-state index is 11.9. The molecule has 1 amide bonds. The predicted octanol–water partition coefficient (Wildman–Crippen LogP) is 1.81. The second-order valence-corrected chi connectivity index (χ2v) is 5.23. The zero-order valence-electron chi connectivity index (χ0n) is 10.7. The van der Waals surface area contributed by atoms with Gasteiger partial charge in [0.05, 0.1) is 16.1 Å². The molecular weight excluding hydrogens is 292 g/mol. The number of aromatic nitrogens is 3. The lowest BCUT2D eigenvalue weighted by Crippen LogP contribution is -2.12. The topological polar surface area (TPSA) is 90.6 Å². The Morgan fingerprint density at radius 2 is 2.10 bits per heavy atom. The molecule has 2 aromatic heterocycles. The Morgan fingerprint density at radius 1 is 1.24 bits per heavy atom. The minimum Gasteiger partial charge on any atom is -0.348 e. The number of imidazole rings is 1. The van der Waals surface area contributed by atoms with E-state index < -0.39 is 0 Å². The highest BCUT2D eigenvalue weighted by atomic mass is 35.5. The largest absolute Gasteiger partial charge is 0.348 e. The Bertz CT molecular complexity index is 957. The molecule has 6 nitrogen and oxygen atoms in total. The number of pyridine rings is 1. The highest BCUT2D eigenvalue weighted by Gasteiger charge is 2.21. The number of nitrogens with one attached hydrogen (secondary N) is 3. The third kappa shape index (κ3) is 1.76. The van der Waals surface area contributed by atoms with Crippen LogP contribution in [0.3, 0.4) is 0 Å². The molecule has 0 aliphatic carbocycles. The van der Waals surface area contributed by atoms with Gasteiger partial charge in [-0.1, -0.05) is 11.6 Å². The van der Waals surface area contributed by atoms with Gasteiger partial charge >= 0.3 is 0 Å². The Kier molecular flexibility index (Phi) is 2.43. The Labute approximate surface area is 123 Å². The van der Waals surface area contributed by atoms with Gasteiger partial charge in [-0.2, -0.15) is 0 Å². The Balaban J connectivity index is 1.97. The van der Waals surface area contributed by atoms with E-state index in [1.165, 1.54) is 6.20 Å². The van der Waals surface area contributed by atoms with Crippen LogP contribution in [0.4, 0.5) is 0 Å². The maximum Gasteiger partial charge on any atom is 0.260 e. The summed E-state index contributed by atoms with van der Waals surface area (Å²) in [5.41, 5.74) is 2.90. The van der Waals surface area contributed by atoms with E-state index in [4.69, 9.17) is 11.6 Å². The van der Waals surface area contributed by atoms with Gasteiger partial charge in [-0.15, -0.1) is 0 Å². The standard InChI is InChI=1S/C14H9ClN4O2/c15-8-1-2-16-14(21)11(8)12-18-9-3-6-5-17-13(20)7(6)4-10(9)19-12/h1-4H,5H2,(H,16,21)(H,17,20)(H,18,19). The molecule has 0 saturated carbocycles. The van der Waals surface area contributed by atoms with Crippen LogP contribution >= 0.6 is 11.6 Å². The zero-order valence-corrected chi connectivity index (χ0v) is 11.4. The summed E-state index contributed by atoms with van der Waals surface area (Å²) >= 11 is 6.07. The molecule has 1 aromatic carbocycles. The number of hydrogen-bond donors (Lipinski definition) is 3. The molecule has 7 heteroatoms. The van der Waals surface area contributed by atoms with Crippen molar-refractivity contribution in [1.29, 1.82) is 0 Å². The molecule has 0 radical (unpaired) electrons. The second kappa shape index (κ2) is 4.20. The number of nitrogens with zero attached hydrogens (tertiary/aromatic N) is 1. The van der Waals surface area contributed by atoms with E-state index in [0.29, 0.717) is 34.0 Å². The van der Waals surface area contributed by atoms with Crippen molar-refractivity contribution in [3.05, 3.63) is 50.9 Å². The van der Waals surface area contributed by atoms with Crippen molar-refractivity contribution < 1.29 is 4.79 Å². The van der Waals surface area contributed by atoms with Crippen molar-refractivity contribution in [3.8, 4) is 11.4 Å². The van der Waals surface area contributed by atoms with Crippen LogP contribution < -0.4 is 10.9 Å². The van der Waals surface area contributed by atoms with Crippen LogP contribution in [0.2, 0.25) is 5.02 Å². The van der Waals surface area contributed by atoms with Crippen molar-refractivity contribution in [2.45, 2.75) is 6.54 Å². The molecule has 3 aromatic rings. The predicted molar refractivity (Wildman–Crippen MR) is 78.3 cm³/mol. The van der Waals surface area contributed by atoms with Gasteiger partial charge in [0.2, 0.25) is 0 Å². The molecular formula is C14H9ClN4O2. The highest BCUT2D eigenvalue weighted by Crippen LogP contribution is 2.27. The summed E-state index contributed by atoms with van der Waals surface area (Å²) in [4.78, 5) is 33.6. The molecule has 21 heavy (non-hydrogen) atoms. The molecule has 0 bridgehead atoms. The summed E-state index contributed by atoms with van der Waals surface area (Å²) in [6.07, 6.45) is 1.48. The fourth-order valence-corrected chi connectivity index (χ4v) is 2.76. The number of carbonyl (C=O) groups excluding carboxylic acids is 1. The van der Waals surface area contributed by atoms with Crippen LogP contribution in [0, 0.1) is 0 Å². The van der Waals surface area contributed by atoms with Crippen LogP contribution in [0.1, 0.15) is 15.9 Å². The Morgan fingerprint density at radius 3 is 2.90 bits per heavy atom. The molecule has 4 rings (SSSR count). The van der Waals surface area contributed by atoms with E-state index >= 15 is 0 Å². The monoisotopic (exact) mass is 300 g/mol. The summed E-state index contributed by atoms with van der Waals surface area (Å²) in [7, 11) is 0. The van der Waals surface area contributed by atoms with Crippen LogP contribution in [0.15, 0.2) is 29.2 Å². The van der Waals surface area contributed by atoms with Crippen molar-refractivity contribution in [2.24, 2.45) is 0 Å². The van der Waals surface area contributed by atoms with Gasteiger partial charge in [0.25, 0.3) is 11.5 Å². The van der Waals surface area contributed by atoms with Gasteiger partial charge < -0.3 is 15.3 Å². The first-order valence-electron chi connectivity index (χ1n) is 6.32. The molecule has 104 valence electrons. The number of H-pyrrole nitrogens is 2. The second-order valence-electron chi connectivity index (χ2n) is 4.82. The van der Waals surface area contributed by atoms with E-state index in [9.17, 15) is 9.59 Å². The van der Waals surface area contributed by atoms with Gasteiger partial charge in [-0.3, -0.25) is 9.59 Å². The average Bonchev–Trinajstić information content (AvgIpc) is 3.00. The van der Waals surface area contributed by atoms with Crippen molar-refractivity contribution in [1.82, 2.24) is 20.3 Å². The molecule has 0 unspecified atom stereocenters. The lowest BCUT2D eigenvalue weighted by Gasteiger charge is -1.97. The first-order chi connectivity index (χ1) is 10.1. The minimum absolute atomic E-state index is 0.105. The average molecular weight is 301 g/mol. The first-order valence-corrected chi connectivity index (χ1v) is 6.69. The van der Waals surface area contributed by atoms with E-state index in [-0.39, 0.29) is 11.5 Å². The molecule has 0 fully saturated rings. The van der Waals surface area contributed by atoms with Crippen LogP contribution in [0.25, 0.3) is 22.4 Å². The molecule has 3 heterocycles. The number of hydrogen-bond acceptors (Lipinski definition) is 3. The van der Waals surface area contributed by atoms with Crippen LogP contribution in [-0.2, 0) is 6.54 Å². The summed E-state index contributed by atoms with van der Waals surface area (Å²) in [5.74, 6) is 0.285. The summed E-state index contributed by atoms with van der Waals surface area (Å²) in [6.45, 7) is 0.505. The number of amides is 1. The number of halogens is 1. The minimum atomic E-state index is -0.313. The van der Waals surface area contributed by atoms with E-state index in [0.717, 1.165) is 11.1 Å². The van der Waals surface area contributed by atoms with Crippen molar-refractivity contribution in [2.75, 3.05) is 0 Å². The number of fused-ring (bicyclic) bond motifs is 2. The third-order valence-corrected chi connectivity index (χ3v) is 3.85. The van der Waals surface area contributed by atoms with E-state index in [1.54, 1.807) is 12.1 Å². The van der Waals surface area contributed by atoms with E-state index in [1.807, 2.05) is 6.07 Å². The van der Waals surface area contributed by atoms with Crippen molar-refractivity contribution in [3.63, 3.8) is 0 Å². The quantitative estimate of drug-likeness (QED) is 0.640. The van der Waals surface area contributed by atoms with Crippen molar-refractivity contribution >= 4 is 28.5 Å². The molecule has 3 N–H and O–H groups in total. The molecule has 1 aliphatic heterocycles. The zero-order chi connectivity index (χ0) is 14.6. The van der Waals surface area contributed by atoms with Gasteiger partial charge in [-0.05, 0) is 23.8 Å². The molecule has 0 atom stereocenters. The summed E-state index contributed by atoms with van der Waals surface area (Å²) in [5, 5.41) is 3.08. The first kappa shape index (κ1) is 12.2. The third-order valence-electron chi connectivity index (χ3n) is 3.54. The van der Waals surface area contributed by atoms with Gasteiger partial charge in [-0.25, -0.2) is 4.98 Å². The highest BCUT2D eigenvalue weighted by molar-refractivity contribution is 6.33. The van der Waals surface area contributed by atoms with Gasteiger partial charge in [0.15, 0.2) is 0 Å². The number of carbonyl (C=O) groups is 1. The fourth-order valence-electron chi connectivity index (χ4n) is 2.52. The molecule has 0 spiro atoms. The SMILES string of the molecule is O=C1NCc2cc3[nH]c(-c4c(Cl)cc[nH]c4=O)nc3cc21. The Hall–Kier alpha value is -2.60. The normalized spacial score (nSPS) is 13.5. The summed E-state index contributed by atoms with van der Waals surface area (Å²) < 4.78 is 0. The maximum atomic E-state index is 11.9. The number of benzene rings is 1. The number of aromatic amines is 2. The number of rotatable bonds is 1. The van der Waals surface area contributed by atoms with Crippen LogP contribution in [0.5, 0.6) is 0 Å². The van der Waals surface area contributed by atoms with Crippen LogP contribution in [-0.4, -0.2) is 20.9 Å². The molecule has 1 aliphatic rings. The smallest absolute Gasteiger partial charge is 0.260 e. The van der Waals surface area contributed by atoms with E-state index in [2.05, 4.69) is 20.3 Å². The van der Waals surface area contributed by atoms with Gasteiger partial charge in [0.1, 0.15) is 11.4 Å². The van der Waals surface area contributed by atoms with Gasteiger partial charge in [0, 0.05) is 18.3 Å².